The number of para-hydroxylation sites is 4. The van der Waals surface area contributed by atoms with E-state index in [2.05, 4.69) is 365 Å². The number of anilines is 6. The molecule has 0 bridgehead atoms. The number of hydrogen-bond donors (Lipinski definition) is 0. The summed E-state index contributed by atoms with van der Waals surface area (Å²) in [5, 5.41) is 27.4. The van der Waals surface area contributed by atoms with Crippen molar-refractivity contribution in [1.29, 1.82) is 0 Å². The van der Waals surface area contributed by atoms with Crippen LogP contribution >= 0.6 is 0 Å². The molecule has 0 fully saturated rings. The quantitative estimate of drug-likeness (QED) is 0.126. The highest BCUT2D eigenvalue weighted by Gasteiger charge is 2.44. The summed E-state index contributed by atoms with van der Waals surface area (Å²) < 4.78 is 4.98. The summed E-state index contributed by atoms with van der Waals surface area (Å²) in [5.41, 5.74) is 19.7. The van der Waals surface area contributed by atoms with Crippen molar-refractivity contribution in [3.63, 3.8) is 0 Å². The molecule has 0 saturated heterocycles. The van der Waals surface area contributed by atoms with E-state index in [1.54, 1.807) is 0 Å². The van der Waals surface area contributed by atoms with Gasteiger partial charge in [0.1, 0.15) is 0 Å². The van der Waals surface area contributed by atoms with Crippen molar-refractivity contribution in [3.05, 3.63) is 346 Å². The number of hydrogen-bond acceptors (Lipinski definition) is 2. The SMILES string of the molecule is c1ccc2c(c1)c1ccccc1c1cc(-c3cc4c5c(c3)N(c3ccc6c7ccccc7c7ccccc7c6c3)c3cc(-n6c7ccccc7c7ccccc76)ccc3B5c3ccc(-n5c6ccccc6c6ccccc65)cc3N4c3ccc4c5ccccc5c5ccccc5c4c3)ccc21. The smallest absolute Gasteiger partial charge is 0.252 e. The number of fused-ring (bicyclic) bond motifs is 28. The average molecular weight is 1280 g/mol. The van der Waals surface area contributed by atoms with E-state index < -0.39 is 0 Å². The van der Waals surface area contributed by atoms with Crippen LogP contribution in [0.25, 0.3) is 163 Å². The van der Waals surface area contributed by atoms with Gasteiger partial charge in [-0.15, -0.1) is 0 Å². The average Bonchev–Trinajstić information content (AvgIpc) is 0.932. The molecule has 0 atom stereocenters. The van der Waals surface area contributed by atoms with E-state index in [4.69, 9.17) is 0 Å². The maximum Gasteiger partial charge on any atom is 0.252 e. The predicted octanol–water partition coefficient (Wildman–Crippen LogP) is 24.0. The fourth-order valence-electron chi connectivity index (χ4n) is 18.5. The van der Waals surface area contributed by atoms with E-state index in [1.165, 1.54) is 157 Å². The van der Waals surface area contributed by atoms with Crippen molar-refractivity contribution < 1.29 is 0 Å². The maximum atomic E-state index is 2.65. The van der Waals surface area contributed by atoms with Gasteiger partial charge in [-0.1, -0.05) is 255 Å². The molecule has 23 rings (SSSR count). The van der Waals surface area contributed by atoms with E-state index in [9.17, 15) is 0 Å². The van der Waals surface area contributed by atoms with Crippen molar-refractivity contribution in [2.75, 3.05) is 9.80 Å². The van der Waals surface area contributed by atoms with E-state index in [0.717, 1.165) is 56.6 Å². The molecule has 19 aromatic carbocycles. The van der Waals surface area contributed by atoms with Gasteiger partial charge in [0.25, 0.3) is 6.71 Å². The molecule has 101 heavy (non-hydrogen) atoms. The lowest BCUT2D eigenvalue weighted by Gasteiger charge is -2.45. The first-order valence-electron chi connectivity index (χ1n) is 35.2. The Bertz CT molecular complexity index is 6700. The minimum Gasteiger partial charge on any atom is -0.311 e. The number of rotatable bonds is 5. The van der Waals surface area contributed by atoms with Crippen molar-refractivity contribution in [2.24, 2.45) is 0 Å². The van der Waals surface area contributed by atoms with Crippen LogP contribution in [0.5, 0.6) is 0 Å². The van der Waals surface area contributed by atoms with Gasteiger partial charge in [0.15, 0.2) is 0 Å². The van der Waals surface area contributed by atoms with Gasteiger partial charge in [-0.25, -0.2) is 0 Å². The van der Waals surface area contributed by atoms with Crippen LogP contribution in [0, 0.1) is 0 Å². The Kier molecular flexibility index (Phi) is 11.2. The van der Waals surface area contributed by atoms with Gasteiger partial charge >= 0.3 is 0 Å². The number of benzene rings is 19. The molecule has 2 aromatic heterocycles. The Labute approximate surface area is 581 Å². The molecule has 0 amide bonds. The third-order valence-electron chi connectivity index (χ3n) is 22.8. The fourth-order valence-corrected chi connectivity index (χ4v) is 18.5. The normalized spacial score (nSPS) is 12.9. The van der Waals surface area contributed by atoms with Crippen LogP contribution in [0.15, 0.2) is 346 Å². The molecule has 4 heterocycles. The lowest BCUT2D eigenvalue weighted by atomic mass is 9.33. The van der Waals surface area contributed by atoms with Crippen molar-refractivity contribution in [2.45, 2.75) is 0 Å². The Morgan fingerprint density at radius 3 is 0.752 bits per heavy atom. The highest BCUT2D eigenvalue weighted by atomic mass is 15.2. The lowest BCUT2D eigenvalue weighted by molar-refractivity contribution is 1.17. The lowest BCUT2D eigenvalue weighted by Crippen LogP contribution is -2.61. The van der Waals surface area contributed by atoms with Crippen LogP contribution in [-0.2, 0) is 0 Å². The predicted molar refractivity (Wildman–Crippen MR) is 432 cm³/mol. The summed E-state index contributed by atoms with van der Waals surface area (Å²) in [4.78, 5) is 5.29. The van der Waals surface area contributed by atoms with Gasteiger partial charge in [0.2, 0.25) is 0 Å². The van der Waals surface area contributed by atoms with Gasteiger partial charge in [0, 0.05) is 67.0 Å². The zero-order chi connectivity index (χ0) is 65.7. The highest BCUT2D eigenvalue weighted by Crippen LogP contribution is 2.51. The van der Waals surface area contributed by atoms with Gasteiger partial charge in [-0.2, -0.15) is 0 Å². The molecular formula is C96H57BN4. The molecule has 0 spiro atoms. The molecule has 464 valence electrons. The third kappa shape index (κ3) is 7.64. The summed E-state index contributed by atoms with van der Waals surface area (Å²) in [5.74, 6) is 0. The van der Waals surface area contributed by atoms with Gasteiger partial charge < -0.3 is 18.9 Å². The second-order valence-corrected chi connectivity index (χ2v) is 27.8. The molecule has 21 aromatic rings. The molecule has 0 unspecified atom stereocenters. The monoisotopic (exact) mass is 1280 g/mol. The molecule has 2 aliphatic rings. The Balaban J connectivity index is 0.874. The molecule has 0 aliphatic carbocycles. The third-order valence-corrected chi connectivity index (χ3v) is 22.8. The van der Waals surface area contributed by atoms with Gasteiger partial charge in [-0.05, 0) is 215 Å². The standard InChI is InChI=1S/C96H57BN4/c1-4-27-70-64(21-1)67-24-7-10-30-73(67)83-51-58(41-46-76(70)83)59-52-94-96-95(53-59)101(61-43-48-78-72-29-6-3-23-66(72)69-26-9-12-32-75(69)85(78)55-61)93-57-63(99-90-39-19-15-35-81(90)82-36-16-20-40-91(82)99)45-50-87(93)97(96)86-49-44-62(98-88-37-17-13-33-79(88)80-34-14-18-38-89(80)98)56-92(86)100(94)60-42-47-77-71-28-5-2-22-65(71)68-25-8-11-31-74(68)84(77)54-60/h1-57H. The molecule has 4 nitrogen and oxygen atoms in total. The topological polar surface area (TPSA) is 16.3 Å². The number of nitrogens with zero attached hydrogens (tertiary/aromatic N) is 4. The van der Waals surface area contributed by atoms with Crippen molar-refractivity contribution in [1.82, 2.24) is 9.13 Å². The van der Waals surface area contributed by atoms with Crippen molar-refractivity contribution in [3.8, 4) is 22.5 Å². The fraction of sp³-hybridized carbons (Fsp3) is 0. The summed E-state index contributed by atoms with van der Waals surface area (Å²) in [6.07, 6.45) is 0. The summed E-state index contributed by atoms with van der Waals surface area (Å²) in [6, 6.07) is 131. The van der Waals surface area contributed by atoms with Gasteiger partial charge in [0.05, 0.1) is 22.1 Å². The Hall–Kier alpha value is -13.2. The highest BCUT2D eigenvalue weighted by molar-refractivity contribution is 7.00. The second-order valence-electron chi connectivity index (χ2n) is 27.8. The largest absolute Gasteiger partial charge is 0.311 e. The molecule has 5 heteroatoms. The molecule has 0 radical (unpaired) electrons. The minimum atomic E-state index is -0.201. The zero-order valence-corrected chi connectivity index (χ0v) is 54.8. The van der Waals surface area contributed by atoms with Crippen LogP contribution in [0.3, 0.4) is 0 Å². The molecule has 0 N–H and O–H groups in total. The van der Waals surface area contributed by atoms with Crippen LogP contribution in [0.2, 0.25) is 0 Å². The van der Waals surface area contributed by atoms with Crippen molar-refractivity contribution >= 4 is 198 Å². The van der Waals surface area contributed by atoms with E-state index in [1.807, 2.05) is 0 Å². The van der Waals surface area contributed by atoms with E-state index in [-0.39, 0.29) is 6.71 Å². The number of aromatic nitrogens is 2. The first-order chi connectivity index (χ1) is 50.1. The summed E-state index contributed by atoms with van der Waals surface area (Å²) in [7, 11) is 0. The zero-order valence-electron chi connectivity index (χ0n) is 54.8. The van der Waals surface area contributed by atoms with Crippen LogP contribution in [0.1, 0.15) is 0 Å². The van der Waals surface area contributed by atoms with Gasteiger partial charge in [-0.3, -0.25) is 0 Å². The summed E-state index contributed by atoms with van der Waals surface area (Å²) in [6.45, 7) is -0.201. The van der Waals surface area contributed by atoms with Crippen LogP contribution in [-0.4, -0.2) is 15.8 Å². The Morgan fingerprint density at radius 1 is 0.168 bits per heavy atom. The van der Waals surface area contributed by atoms with Crippen LogP contribution in [0.4, 0.5) is 34.1 Å². The molecule has 0 saturated carbocycles. The van der Waals surface area contributed by atoms with E-state index >= 15 is 0 Å². The first kappa shape index (κ1) is 54.9. The molecule has 2 aliphatic heterocycles. The minimum absolute atomic E-state index is 0.201. The Morgan fingerprint density at radius 2 is 0.426 bits per heavy atom. The summed E-state index contributed by atoms with van der Waals surface area (Å²) >= 11 is 0. The first-order valence-corrected chi connectivity index (χ1v) is 35.2. The molecular weight excluding hydrogens is 1220 g/mol. The van der Waals surface area contributed by atoms with Crippen LogP contribution < -0.4 is 26.2 Å². The maximum absolute atomic E-state index is 2.65. The van der Waals surface area contributed by atoms with E-state index in [0.29, 0.717) is 0 Å². The second kappa shape index (κ2) is 20.7.